The predicted octanol–water partition coefficient (Wildman–Crippen LogP) is 1.61. The van der Waals surface area contributed by atoms with Crippen LogP contribution in [0.25, 0.3) is 0 Å². The molecule has 3 rings (SSSR count). The first-order chi connectivity index (χ1) is 12.3. The third-order valence-electron chi connectivity index (χ3n) is 5.45. The van der Waals surface area contributed by atoms with Gasteiger partial charge in [0, 0.05) is 26.7 Å². The standard InChI is InChI=1S/C19H28N4O3/c1-22(2)11-12-26-15-6-5-14(13-20-15)21-16(24)18(7-8-18)19(9-10-19)17(25)23(3)4/h5-6,13H,7-12H2,1-4H3,(H,21,24). The molecule has 7 nitrogen and oxygen atoms in total. The summed E-state index contributed by atoms with van der Waals surface area (Å²) in [6, 6.07) is 3.54. The highest BCUT2D eigenvalue weighted by atomic mass is 16.5. The van der Waals surface area contributed by atoms with E-state index in [1.54, 1.807) is 37.3 Å². The monoisotopic (exact) mass is 360 g/mol. The maximum atomic E-state index is 12.9. The molecule has 1 heterocycles. The van der Waals surface area contributed by atoms with E-state index in [0.717, 1.165) is 32.2 Å². The number of hydrogen-bond acceptors (Lipinski definition) is 5. The van der Waals surface area contributed by atoms with Gasteiger partial charge in [0.2, 0.25) is 17.7 Å². The normalized spacial score (nSPS) is 19.0. The van der Waals surface area contributed by atoms with Gasteiger partial charge >= 0.3 is 0 Å². The lowest BCUT2D eigenvalue weighted by Crippen LogP contribution is -2.42. The van der Waals surface area contributed by atoms with Gasteiger partial charge in [0.05, 0.1) is 22.7 Å². The van der Waals surface area contributed by atoms with Crippen molar-refractivity contribution in [1.29, 1.82) is 0 Å². The molecular weight excluding hydrogens is 332 g/mol. The Bertz CT molecular complexity index is 677. The summed E-state index contributed by atoms with van der Waals surface area (Å²) in [6.45, 7) is 1.37. The number of anilines is 1. The number of likely N-dealkylation sites (N-methyl/N-ethyl adjacent to an activating group) is 1. The molecule has 2 saturated carbocycles. The van der Waals surface area contributed by atoms with Crippen LogP contribution >= 0.6 is 0 Å². The van der Waals surface area contributed by atoms with Crippen LogP contribution in [0.1, 0.15) is 25.7 Å². The van der Waals surface area contributed by atoms with Crippen LogP contribution in [0.5, 0.6) is 5.88 Å². The highest BCUT2D eigenvalue weighted by molar-refractivity contribution is 6.03. The fraction of sp³-hybridized carbons (Fsp3) is 0.632. The van der Waals surface area contributed by atoms with E-state index in [4.69, 9.17) is 4.74 Å². The topological polar surface area (TPSA) is 74.8 Å². The van der Waals surface area contributed by atoms with Crippen LogP contribution in [0.4, 0.5) is 5.69 Å². The van der Waals surface area contributed by atoms with Crippen molar-refractivity contribution in [2.24, 2.45) is 10.8 Å². The van der Waals surface area contributed by atoms with E-state index in [-0.39, 0.29) is 11.8 Å². The maximum Gasteiger partial charge on any atom is 0.231 e. The number of nitrogens with zero attached hydrogens (tertiary/aromatic N) is 3. The number of rotatable bonds is 8. The molecule has 0 spiro atoms. The summed E-state index contributed by atoms with van der Waals surface area (Å²) in [5.74, 6) is 0.550. The molecular formula is C19H28N4O3. The molecule has 0 saturated heterocycles. The maximum absolute atomic E-state index is 12.9. The summed E-state index contributed by atoms with van der Waals surface area (Å²) in [6.07, 6.45) is 4.75. The van der Waals surface area contributed by atoms with Crippen molar-refractivity contribution in [3.05, 3.63) is 18.3 Å². The predicted molar refractivity (Wildman–Crippen MR) is 98.9 cm³/mol. The van der Waals surface area contributed by atoms with E-state index in [9.17, 15) is 9.59 Å². The third-order valence-corrected chi connectivity index (χ3v) is 5.45. The highest BCUT2D eigenvalue weighted by Gasteiger charge is 2.73. The zero-order chi connectivity index (χ0) is 18.9. The smallest absolute Gasteiger partial charge is 0.231 e. The van der Waals surface area contributed by atoms with Gasteiger partial charge in [-0.25, -0.2) is 4.98 Å². The van der Waals surface area contributed by atoms with Gasteiger partial charge in [-0.1, -0.05) is 0 Å². The molecule has 0 radical (unpaired) electrons. The Morgan fingerprint density at radius 3 is 2.23 bits per heavy atom. The zero-order valence-electron chi connectivity index (χ0n) is 16.0. The summed E-state index contributed by atoms with van der Waals surface area (Å²) >= 11 is 0. The summed E-state index contributed by atoms with van der Waals surface area (Å²) in [4.78, 5) is 33.4. The van der Waals surface area contributed by atoms with E-state index in [2.05, 4.69) is 10.3 Å². The second-order valence-corrected chi connectivity index (χ2v) is 7.85. The van der Waals surface area contributed by atoms with Crippen LogP contribution in [0, 0.1) is 10.8 Å². The Labute approximate surface area is 154 Å². The Kier molecular flexibility index (Phi) is 4.92. The fourth-order valence-electron chi connectivity index (χ4n) is 3.62. The van der Waals surface area contributed by atoms with E-state index >= 15 is 0 Å². The number of ether oxygens (including phenoxy) is 1. The fourth-order valence-corrected chi connectivity index (χ4v) is 3.62. The average Bonchev–Trinajstić information content (AvgIpc) is 3.47. The van der Waals surface area contributed by atoms with E-state index in [1.165, 1.54) is 0 Å². The lowest BCUT2D eigenvalue weighted by Gasteiger charge is -2.27. The number of amides is 2. The van der Waals surface area contributed by atoms with E-state index in [1.807, 2.05) is 19.0 Å². The highest BCUT2D eigenvalue weighted by Crippen LogP contribution is 2.71. The second-order valence-electron chi connectivity index (χ2n) is 7.85. The first-order valence-electron chi connectivity index (χ1n) is 9.08. The van der Waals surface area contributed by atoms with Crippen LogP contribution in [0.2, 0.25) is 0 Å². The van der Waals surface area contributed by atoms with Crippen LogP contribution in [0.15, 0.2) is 18.3 Å². The van der Waals surface area contributed by atoms with Gasteiger partial charge in [0.25, 0.3) is 0 Å². The largest absolute Gasteiger partial charge is 0.476 e. The van der Waals surface area contributed by atoms with E-state index in [0.29, 0.717) is 18.2 Å². The molecule has 7 heteroatoms. The van der Waals surface area contributed by atoms with Gasteiger partial charge in [-0.3, -0.25) is 9.59 Å². The summed E-state index contributed by atoms with van der Waals surface area (Å²) in [7, 11) is 7.48. The van der Waals surface area contributed by atoms with Crippen LogP contribution in [-0.4, -0.2) is 67.9 Å². The van der Waals surface area contributed by atoms with Gasteiger partial charge in [-0.05, 0) is 45.8 Å². The molecule has 0 bridgehead atoms. The van der Waals surface area contributed by atoms with Crippen molar-refractivity contribution in [3.8, 4) is 5.88 Å². The molecule has 0 aliphatic heterocycles. The average molecular weight is 360 g/mol. The van der Waals surface area contributed by atoms with Crippen molar-refractivity contribution in [2.75, 3.05) is 46.7 Å². The number of carbonyl (C=O) groups excluding carboxylic acids is 2. The molecule has 2 aliphatic rings. The number of carbonyl (C=O) groups is 2. The van der Waals surface area contributed by atoms with Crippen LogP contribution in [-0.2, 0) is 9.59 Å². The van der Waals surface area contributed by atoms with Gasteiger partial charge in [0.15, 0.2) is 0 Å². The molecule has 26 heavy (non-hydrogen) atoms. The van der Waals surface area contributed by atoms with Gasteiger partial charge < -0.3 is 19.9 Å². The van der Waals surface area contributed by atoms with Crippen LogP contribution < -0.4 is 10.1 Å². The third kappa shape index (κ3) is 3.40. The first-order valence-corrected chi connectivity index (χ1v) is 9.08. The van der Waals surface area contributed by atoms with Crippen molar-refractivity contribution >= 4 is 17.5 Å². The van der Waals surface area contributed by atoms with Crippen LogP contribution in [0.3, 0.4) is 0 Å². The van der Waals surface area contributed by atoms with Gasteiger partial charge in [0.1, 0.15) is 6.61 Å². The van der Waals surface area contributed by atoms with Crippen molar-refractivity contribution in [1.82, 2.24) is 14.8 Å². The molecule has 1 aromatic heterocycles. The summed E-state index contributed by atoms with van der Waals surface area (Å²) in [5, 5.41) is 2.95. The Morgan fingerprint density at radius 2 is 1.77 bits per heavy atom. The van der Waals surface area contributed by atoms with Crippen molar-refractivity contribution in [2.45, 2.75) is 25.7 Å². The minimum Gasteiger partial charge on any atom is -0.476 e. The molecule has 142 valence electrons. The Balaban J connectivity index is 1.61. The quantitative estimate of drug-likeness (QED) is 0.762. The Hall–Kier alpha value is -2.15. The molecule has 1 aromatic rings. The minimum atomic E-state index is -0.546. The van der Waals surface area contributed by atoms with Crippen molar-refractivity contribution < 1.29 is 14.3 Å². The number of aromatic nitrogens is 1. The van der Waals surface area contributed by atoms with E-state index < -0.39 is 10.8 Å². The SMILES string of the molecule is CN(C)CCOc1ccc(NC(=O)C2(C3(C(=O)N(C)C)CC3)CC2)cn1. The first kappa shape index (κ1) is 18.6. The minimum absolute atomic E-state index is 0.0618. The molecule has 2 aliphatic carbocycles. The van der Waals surface area contributed by atoms with Gasteiger partial charge in [-0.2, -0.15) is 0 Å². The van der Waals surface area contributed by atoms with Crippen molar-refractivity contribution in [3.63, 3.8) is 0 Å². The lowest BCUT2D eigenvalue weighted by molar-refractivity contribution is -0.141. The summed E-state index contributed by atoms with van der Waals surface area (Å²) in [5.41, 5.74) is -0.410. The molecule has 0 atom stereocenters. The number of nitrogens with one attached hydrogen (secondary N) is 1. The molecule has 1 N–H and O–H groups in total. The molecule has 2 amide bonds. The number of hydrogen-bond donors (Lipinski definition) is 1. The van der Waals surface area contributed by atoms with Gasteiger partial charge in [-0.15, -0.1) is 0 Å². The second kappa shape index (κ2) is 6.87. The lowest BCUT2D eigenvalue weighted by atomic mass is 9.83. The number of pyridine rings is 1. The molecule has 0 aromatic carbocycles. The summed E-state index contributed by atoms with van der Waals surface area (Å²) < 4.78 is 5.56. The zero-order valence-corrected chi connectivity index (χ0v) is 16.0. The molecule has 0 unspecified atom stereocenters. The Morgan fingerprint density at radius 1 is 1.12 bits per heavy atom. The molecule has 2 fully saturated rings.